The van der Waals surface area contributed by atoms with Gasteiger partial charge in [0, 0.05) is 56.3 Å². The molecule has 2 aliphatic rings. The van der Waals surface area contributed by atoms with Crippen molar-refractivity contribution in [1.82, 2.24) is 10.2 Å². The molecule has 1 saturated heterocycles. The summed E-state index contributed by atoms with van der Waals surface area (Å²) in [6.45, 7) is 7.87. The molecule has 0 unspecified atom stereocenters. The van der Waals surface area contributed by atoms with Gasteiger partial charge in [-0.3, -0.25) is 14.5 Å². The zero-order valence-corrected chi connectivity index (χ0v) is 19.2. The molecule has 1 heterocycles. The summed E-state index contributed by atoms with van der Waals surface area (Å²) < 4.78 is 0. The number of rotatable bonds is 10. The van der Waals surface area contributed by atoms with E-state index < -0.39 is 0 Å². The Morgan fingerprint density at radius 2 is 1.84 bits per heavy atom. The Morgan fingerprint density at radius 1 is 1.10 bits per heavy atom. The van der Waals surface area contributed by atoms with Crippen molar-refractivity contribution in [3.8, 4) is 0 Å². The van der Waals surface area contributed by atoms with Crippen LogP contribution >= 0.6 is 0 Å². The van der Waals surface area contributed by atoms with Gasteiger partial charge in [0.15, 0.2) is 5.78 Å². The van der Waals surface area contributed by atoms with Crippen molar-refractivity contribution in [3.63, 3.8) is 0 Å². The van der Waals surface area contributed by atoms with Gasteiger partial charge in [-0.2, -0.15) is 0 Å². The van der Waals surface area contributed by atoms with E-state index in [1.165, 1.54) is 31.5 Å². The maximum atomic E-state index is 12.0. The number of nitrogens with one attached hydrogen (secondary N) is 1. The fraction of sp³-hybridized carbons (Fsp3) is 0.680. The highest BCUT2D eigenvalue weighted by Crippen LogP contribution is 2.27. The summed E-state index contributed by atoms with van der Waals surface area (Å²) in [7, 11) is 0. The molecular formula is C25H40N4O2. The number of nitrogens with zero attached hydrogens (tertiary/aromatic N) is 2. The molecule has 0 radical (unpaired) electrons. The second kappa shape index (κ2) is 12.2. The lowest BCUT2D eigenvalue weighted by molar-refractivity contribution is -0.122. The molecule has 0 spiro atoms. The van der Waals surface area contributed by atoms with E-state index in [2.05, 4.69) is 27.2 Å². The molecule has 6 nitrogen and oxygen atoms in total. The third-order valence-corrected chi connectivity index (χ3v) is 6.90. The summed E-state index contributed by atoms with van der Waals surface area (Å²) in [5.74, 6) is 1.16. The average molecular weight is 429 g/mol. The van der Waals surface area contributed by atoms with Crippen LogP contribution in [0, 0.1) is 5.92 Å². The number of anilines is 1. The van der Waals surface area contributed by atoms with Gasteiger partial charge in [0.05, 0.1) is 0 Å². The van der Waals surface area contributed by atoms with Gasteiger partial charge in [0.2, 0.25) is 5.91 Å². The molecule has 31 heavy (non-hydrogen) atoms. The van der Waals surface area contributed by atoms with Crippen molar-refractivity contribution >= 4 is 17.4 Å². The van der Waals surface area contributed by atoms with Crippen LogP contribution in [0.4, 0.5) is 5.69 Å². The molecule has 1 aromatic rings. The van der Waals surface area contributed by atoms with Crippen LogP contribution in [-0.4, -0.2) is 61.9 Å². The van der Waals surface area contributed by atoms with Gasteiger partial charge in [-0.1, -0.05) is 19.1 Å². The van der Waals surface area contributed by atoms with E-state index in [4.69, 9.17) is 5.73 Å². The summed E-state index contributed by atoms with van der Waals surface area (Å²) in [5.41, 5.74) is 7.48. The molecule has 3 rings (SSSR count). The summed E-state index contributed by atoms with van der Waals surface area (Å²) in [4.78, 5) is 28.9. The van der Waals surface area contributed by atoms with Gasteiger partial charge in [0.1, 0.15) is 0 Å². The van der Waals surface area contributed by atoms with E-state index in [1.54, 1.807) is 0 Å². The van der Waals surface area contributed by atoms with Crippen LogP contribution in [0.15, 0.2) is 24.3 Å². The normalized spacial score (nSPS) is 22.3. The summed E-state index contributed by atoms with van der Waals surface area (Å²) >= 11 is 0. The Hall–Kier alpha value is -1.92. The topological polar surface area (TPSA) is 78.7 Å². The second-order valence-corrected chi connectivity index (χ2v) is 9.12. The maximum Gasteiger partial charge on any atom is 0.220 e. The van der Waals surface area contributed by atoms with Gasteiger partial charge in [-0.15, -0.1) is 0 Å². The predicted molar refractivity (Wildman–Crippen MR) is 127 cm³/mol. The molecule has 1 aliphatic carbocycles. The largest absolute Gasteiger partial charge is 0.369 e. The minimum Gasteiger partial charge on any atom is -0.369 e. The van der Waals surface area contributed by atoms with Crippen molar-refractivity contribution in [2.24, 2.45) is 11.7 Å². The first-order valence-electron chi connectivity index (χ1n) is 12.2. The van der Waals surface area contributed by atoms with Crippen LogP contribution in [0.25, 0.3) is 0 Å². The van der Waals surface area contributed by atoms with E-state index >= 15 is 0 Å². The molecule has 0 atom stereocenters. The van der Waals surface area contributed by atoms with E-state index in [1.807, 2.05) is 19.1 Å². The quantitative estimate of drug-likeness (QED) is 0.560. The van der Waals surface area contributed by atoms with Gasteiger partial charge >= 0.3 is 0 Å². The van der Waals surface area contributed by atoms with Crippen LogP contribution in [0.5, 0.6) is 0 Å². The molecule has 0 aromatic heterocycles. The Kier molecular flexibility index (Phi) is 9.34. The van der Waals surface area contributed by atoms with E-state index in [9.17, 15) is 9.59 Å². The van der Waals surface area contributed by atoms with Crippen LogP contribution in [0.2, 0.25) is 0 Å². The van der Waals surface area contributed by atoms with E-state index in [0.717, 1.165) is 56.9 Å². The molecule has 1 saturated carbocycles. The molecule has 0 bridgehead atoms. The van der Waals surface area contributed by atoms with E-state index in [0.29, 0.717) is 25.4 Å². The lowest BCUT2D eigenvalue weighted by atomic mass is 9.84. The highest BCUT2D eigenvalue weighted by Gasteiger charge is 2.24. The Bertz CT molecular complexity index is 707. The third kappa shape index (κ3) is 7.32. The molecule has 3 N–H and O–H groups in total. The molecule has 172 valence electrons. The number of amides is 1. The molecule has 1 aliphatic heterocycles. The van der Waals surface area contributed by atoms with Crippen LogP contribution in [-0.2, 0) is 4.79 Å². The molecule has 1 amide bonds. The lowest BCUT2D eigenvalue weighted by Gasteiger charge is -2.37. The number of nitrogens with two attached hydrogens (primary N) is 1. The summed E-state index contributed by atoms with van der Waals surface area (Å²) in [6, 6.07) is 8.46. The maximum absolute atomic E-state index is 12.0. The number of carbonyl (C=O) groups is 2. The number of benzene rings is 1. The van der Waals surface area contributed by atoms with Crippen LogP contribution < -0.4 is 16.0 Å². The third-order valence-electron chi connectivity index (χ3n) is 6.90. The Labute approximate surface area is 187 Å². The molecule has 6 heteroatoms. The van der Waals surface area contributed by atoms with Gasteiger partial charge < -0.3 is 16.0 Å². The zero-order valence-electron chi connectivity index (χ0n) is 19.2. The van der Waals surface area contributed by atoms with Gasteiger partial charge in [-0.25, -0.2) is 0 Å². The first-order chi connectivity index (χ1) is 15.1. The standard InChI is InChI=1S/C25H40N4O2/c1-2-24(30)21-5-3-6-23(19-21)29-17-15-28(16-18-29)14-12-20-8-10-22(11-9-20)27-25(31)7-4-13-26/h3,5-6,19-20,22H,2,4,7-18,26H2,1H3,(H,27,31). The summed E-state index contributed by atoms with van der Waals surface area (Å²) in [5, 5.41) is 3.18. The Balaban J connectivity index is 1.34. The fourth-order valence-electron chi connectivity index (χ4n) is 4.83. The molecule has 1 aromatic carbocycles. The monoisotopic (exact) mass is 428 g/mol. The molecule has 2 fully saturated rings. The van der Waals surface area contributed by atoms with E-state index in [-0.39, 0.29) is 11.7 Å². The smallest absolute Gasteiger partial charge is 0.220 e. The SMILES string of the molecule is CCC(=O)c1cccc(N2CCN(CCC3CCC(NC(=O)CCCN)CC3)CC2)c1. The highest BCUT2D eigenvalue weighted by molar-refractivity contribution is 5.96. The zero-order chi connectivity index (χ0) is 22.1. The lowest BCUT2D eigenvalue weighted by Crippen LogP contribution is -2.47. The van der Waals surface area contributed by atoms with Gasteiger partial charge in [-0.05, 0) is 69.7 Å². The van der Waals surface area contributed by atoms with Crippen LogP contribution in [0.3, 0.4) is 0 Å². The number of hydrogen-bond donors (Lipinski definition) is 2. The predicted octanol–water partition coefficient (Wildman–Crippen LogP) is 3.21. The number of piperazine rings is 1. The second-order valence-electron chi connectivity index (χ2n) is 9.12. The van der Waals surface area contributed by atoms with Crippen LogP contribution in [0.1, 0.15) is 68.6 Å². The minimum atomic E-state index is 0.163. The first-order valence-corrected chi connectivity index (χ1v) is 12.2. The van der Waals surface area contributed by atoms with Crippen molar-refractivity contribution in [3.05, 3.63) is 29.8 Å². The Morgan fingerprint density at radius 3 is 2.52 bits per heavy atom. The number of hydrogen-bond acceptors (Lipinski definition) is 5. The number of carbonyl (C=O) groups excluding carboxylic acids is 2. The van der Waals surface area contributed by atoms with Crippen molar-refractivity contribution in [1.29, 1.82) is 0 Å². The minimum absolute atomic E-state index is 0.163. The van der Waals surface area contributed by atoms with Crippen molar-refractivity contribution in [2.75, 3.05) is 44.2 Å². The van der Waals surface area contributed by atoms with Gasteiger partial charge in [0.25, 0.3) is 0 Å². The molecular weight excluding hydrogens is 388 g/mol. The van der Waals surface area contributed by atoms with Crippen molar-refractivity contribution in [2.45, 2.75) is 64.3 Å². The first kappa shape index (κ1) is 23.7. The number of ketones is 1. The highest BCUT2D eigenvalue weighted by atomic mass is 16.1. The summed E-state index contributed by atoms with van der Waals surface area (Å²) in [6.07, 6.45) is 7.81. The average Bonchev–Trinajstić information content (AvgIpc) is 2.82. The fourth-order valence-corrected chi connectivity index (χ4v) is 4.83. The number of Topliss-reactive ketones (excluding diaryl/α,β-unsaturated/α-hetero) is 1. The van der Waals surface area contributed by atoms with Crippen molar-refractivity contribution < 1.29 is 9.59 Å².